The van der Waals surface area contributed by atoms with Crippen LogP contribution in [0.4, 0.5) is 0 Å². The minimum absolute atomic E-state index is 0.00217. The molecule has 0 aromatic heterocycles. The summed E-state index contributed by atoms with van der Waals surface area (Å²) in [6, 6.07) is 14.1. The van der Waals surface area contributed by atoms with E-state index in [1.54, 1.807) is 6.07 Å². The second-order valence-electron chi connectivity index (χ2n) is 4.28. The van der Waals surface area contributed by atoms with E-state index in [0.717, 1.165) is 5.56 Å². The molecule has 0 spiro atoms. The van der Waals surface area contributed by atoms with Crippen molar-refractivity contribution in [2.24, 2.45) is 5.10 Å². The van der Waals surface area contributed by atoms with E-state index in [9.17, 15) is 10.2 Å². The molecule has 0 amide bonds. The molecular weight excluding hydrogens is 286 g/mol. The van der Waals surface area contributed by atoms with Gasteiger partial charge in [0, 0.05) is 18.2 Å². The number of benzene rings is 2. The number of hydrazone groups is 1. The molecule has 2 aromatic rings. The Balaban J connectivity index is 1.82. The molecule has 0 saturated carbocycles. The molecule has 21 heavy (non-hydrogen) atoms. The number of rotatable bonds is 4. The Morgan fingerprint density at radius 3 is 2.62 bits per heavy atom. The van der Waals surface area contributed by atoms with Crippen molar-refractivity contribution in [1.29, 1.82) is 0 Å². The Morgan fingerprint density at radius 2 is 1.90 bits per heavy atom. The van der Waals surface area contributed by atoms with Gasteiger partial charge < -0.3 is 15.5 Å². The minimum Gasteiger partial charge on any atom is -0.508 e. The van der Waals surface area contributed by atoms with Gasteiger partial charge in [0.15, 0.2) is 5.11 Å². The summed E-state index contributed by atoms with van der Waals surface area (Å²) in [6.45, 7) is 0.604. The fraction of sp³-hybridized carbons (Fsp3) is 0.0667. The van der Waals surface area contributed by atoms with Gasteiger partial charge in [0.1, 0.15) is 11.5 Å². The zero-order valence-corrected chi connectivity index (χ0v) is 12.0. The smallest absolute Gasteiger partial charge is 0.187 e. The molecular formula is C15H15N3O2S. The summed E-state index contributed by atoms with van der Waals surface area (Å²) in [5.41, 5.74) is 4.25. The van der Waals surface area contributed by atoms with E-state index in [1.165, 1.54) is 18.3 Å². The van der Waals surface area contributed by atoms with Crippen molar-refractivity contribution < 1.29 is 10.2 Å². The third-order valence-electron chi connectivity index (χ3n) is 2.68. The van der Waals surface area contributed by atoms with Crippen molar-refractivity contribution in [3.63, 3.8) is 0 Å². The molecule has 4 N–H and O–H groups in total. The molecule has 6 heteroatoms. The first kappa shape index (κ1) is 14.8. The molecule has 0 heterocycles. The van der Waals surface area contributed by atoms with Gasteiger partial charge in [-0.05, 0) is 29.9 Å². The fourth-order valence-electron chi connectivity index (χ4n) is 1.62. The summed E-state index contributed by atoms with van der Waals surface area (Å²) < 4.78 is 0. The van der Waals surface area contributed by atoms with Gasteiger partial charge in [0.25, 0.3) is 0 Å². The monoisotopic (exact) mass is 301 g/mol. The first-order chi connectivity index (χ1) is 10.1. The first-order valence-electron chi connectivity index (χ1n) is 6.28. The molecule has 108 valence electrons. The predicted molar refractivity (Wildman–Crippen MR) is 86.4 cm³/mol. The van der Waals surface area contributed by atoms with E-state index < -0.39 is 0 Å². The molecule has 0 saturated heterocycles. The Hall–Kier alpha value is -2.60. The lowest BCUT2D eigenvalue weighted by atomic mass is 10.2. The minimum atomic E-state index is -0.0521. The van der Waals surface area contributed by atoms with Crippen LogP contribution in [0.2, 0.25) is 0 Å². The third kappa shape index (κ3) is 4.77. The lowest BCUT2D eigenvalue weighted by Gasteiger charge is -2.06. The summed E-state index contributed by atoms with van der Waals surface area (Å²) in [4.78, 5) is 0. The number of phenolic OH excluding ortho intramolecular Hbond substituents is 2. The normalized spacial score (nSPS) is 10.5. The maximum Gasteiger partial charge on any atom is 0.187 e. The van der Waals surface area contributed by atoms with Gasteiger partial charge in [-0.3, -0.25) is 5.43 Å². The molecule has 0 aliphatic carbocycles. The van der Waals surface area contributed by atoms with Crippen molar-refractivity contribution in [2.75, 3.05) is 0 Å². The molecule has 0 atom stereocenters. The van der Waals surface area contributed by atoms with Crippen LogP contribution in [0.25, 0.3) is 0 Å². The SMILES string of the molecule is Oc1ccc(/C=N\NC(=S)NCc2ccccc2)c(O)c1. The lowest BCUT2D eigenvalue weighted by molar-refractivity contribution is 0.450. The zero-order chi connectivity index (χ0) is 15.1. The van der Waals surface area contributed by atoms with Crippen molar-refractivity contribution in [2.45, 2.75) is 6.54 Å². The molecule has 0 fully saturated rings. The summed E-state index contributed by atoms with van der Waals surface area (Å²) in [7, 11) is 0. The maximum absolute atomic E-state index is 9.58. The molecule has 2 rings (SSSR count). The fourth-order valence-corrected chi connectivity index (χ4v) is 1.74. The Kier molecular flexibility index (Phi) is 5.11. The Bertz CT molecular complexity index is 645. The van der Waals surface area contributed by atoms with Crippen LogP contribution in [0.1, 0.15) is 11.1 Å². The van der Waals surface area contributed by atoms with Crippen LogP contribution in [-0.4, -0.2) is 21.5 Å². The van der Waals surface area contributed by atoms with Gasteiger partial charge >= 0.3 is 0 Å². The van der Waals surface area contributed by atoms with Gasteiger partial charge in [-0.1, -0.05) is 30.3 Å². The zero-order valence-electron chi connectivity index (χ0n) is 11.2. The molecule has 0 unspecified atom stereocenters. The molecule has 0 radical (unpaired) electrons. The van der Waals surface area contributed by atoms with Crippen LogP contribution >= 0.6 is 12.2 Å². The maximum atomic E-state index is 9.58. The summed E-state index contributed by atoms with van der Waals surface area (Å²) in [6.07, 6.45) is 1.42. The van der Waals surface area contributed by atoms with Crippen molar-refractivity contribution in [3.8, 4) is 11.5 Å². The molecule has 5 nitrogen and oxygen atoms in total. The van der Waals surface area contributed by atoms with E-state index in [4.69, 9.17) is 12.2 Å². The van der Waals surface area contributed by atoms with E-state index in [1.807, 2.05) is 30.3 Å². The molecule has 0 aliphatic rings. The number of hydrogen-bond acceptors (Lipinski definition) is 4. The van der Waals surface area contributed by atoms with E-state index in [2.05, 4.69) is 15.8 Å². The summed E-state index contributed by atoms with van der Waals surface area (Å²) in [5.74, 6) is -0.0543. The Morgan fingerprint density at radius 1 is 1.14 bits per heavy atom. The van der Waals surface area contributed by atoms with Crippen molar-refractivity contribution >= 4 is 23.5 Å². The third-order valence-corrected chi connectivity index (χ3v) is 2.92. The van der Waals surface area contributed by atoms with E-state index >= 15 is 0 Å². The van der Waals surface area contributed by atoms with Crippen LogP contribution < -0.4 is 10.7 Å². The van der Waals surface area contributed by atoms with Gasteiger partial charge in [-0.15, -0.1) is 0 Å². The van der Waals surface area contributed by atoms with Gasteiger partial charge in [-0.2, -0.15) is 5.10 Å². The topological polar surface area (TPSA) is 76.9 Å². The van der Waals surface area contributed by atoms with Crippen molar-refractivity contribution in [3.05, 3.63) is 59.7 Å². The average molecular weight is 301 g/mol. The number of nitrogens with zero attached hydrogens (tertiary/aromatic N) is 1. The highest BCUT2D eigenvalue weighted by molar-refractivity contribution is 7.80. The van der Waals surface area contributed by atoms with E-state index in [0.29, 0.717) is 17.2 Å². The van der Waals surface area contributed by atoms with Crippen LogP contribution in [0.15, 0.2) is 53.6 Å². The summed E-state index contributed by atoms with van der Waals surface area (Å²) >= 11 is 5.08. The quantitative estimate of drug-likeness (QED) is 0.395. The second kappa shape index (κ2) is 7.25. The predicted octanol–water partition coefficient (Wildman–Crippen LogP) is 2.10. The first-order valence-corrected chi connectivity index (χ1v) is 6.69. The van der Waals surface area contributed by atoms with Crippen LogP contribution in [0, 0.1) is 0 Å². The van der Waals surface area contributed by atoms with Gasteiger partial charge in [0.2, 0.25) is 0 Å². The van der Waals surface area contributed by atoms with E-state index in [-0.39, 0.29) is 11.5 Å². The Labute approximate surface area is 127 Å². The second-order valence-corrected chi connectivity index (χ2v) is 4.69. The number of hydrogen-bond donors (Lipinski definition) is 4. The lowest BCUT2D eigenvalue weighted by Crippen LogP contribution is -2.31. The van der Waals surface area contributed by atoms with Crippen LogP contribution in [-0.2, 0) is 6.54 Å². The highest BCUT2D eigenvalue weighted by Crippen LogP contribution is 2.20. The standard InChI is InChI=1S/C15H15N3O2S/c19-13-7-6-12(14(20)8-13)10-17-18-15(21)16-9-11-4-2-1-3-5-11/h1-8,10,19-20H,9H2,(H2,16,18,21)/b17-10-. The number of phenols is 2. The van der Waals surface area contributed by atoms with Gasteiger partial charge in [0.05, 0.1) is 6.21 Å². The molecule has 2 aromatic carbocycles. The average Bonchev–Trinajstić information content (AvgIpc) is 2.48. The van der Waals surface area contributed by atoms with Crippen molar-refractivity contribution in [1.82, 2.24) is 10.7 Å². The molecule has 0 aliphatic heterocycles. The number of aromatic hydroxyl groups is 2. The number of thiocarbonyl (C=S) groups is 1. The highest BCUT2D eigenvalue weighted by Gasteiger charge is 1.99. The summed E-state index contributed by atoms with van der Waals surface area (Å²) in [5, 5.41) is 26.1. The largest absolute Gasteiger partial charge is 0.508 e. The molecule has 0 bridgehead atoms. The number of nitrogens with one attached hydrogen (secondary N) is 2. The van der Waals surface area contributed by atoms with Crippen LogP contribution in [0.5, 0.6) is 11.5 Å². The van der Waals surface area contributed by atoms with Crippen LogP contribution in [0.3, 0.4) is 0 Å². The highest BCUT2D eigenvalue weighted by atomic mass is 32.1. The van der Waals surface area contributed by atoms with Gasteiger partial charge in [-0.25, -0.2) is 0 Å².